The molecule has 0 bridgehead atoms. The maximum absolute atomic E-state index is 12.1. The Kier molecular flexibility index (Phi) is 6.22. The van der Waals surface area contributed by atoms with E-state index in [2.05, 4.69) is 10.6 Å². The summed E-state index contributed by atoms with van der Waals surface area (Å²) in [4.78, 5) is 23.3. The number of nitrogens with one attached hydrogen (secondary N) is 2. The van der Waals surface area contributed by atoms with Crippen LogP contribution in [0.5, 0.6) is 17.2 Å². The summed E-state index contributed by atoms with van der Waals surface area (Å²) in [5.41, 5.74) is 1.01. The summed E-state index contributed by atoms with van der Waals surface area (Å²) < 4.78 is 15.8. The number of carbonyl (C=O) groups excluding carboxylic acids is 2. The molecule has 2 aromatic carbocycles. The molecule has 0 atom stereocenters. The zero-order chi connectivity index (χ0) is 18.2. The lowest BCUT2D eigenvalue weighted by molar-refractivity contribution is -0.118. The molecule has 0 aliphatic carbocycles. The number of hydrogen-bond donors (Lipinski definition) is 2. The first-order chi connectivity index (χ1) is 12.0. The van der Waals surface area contributed by atoms with Crippen molar-refractivity contribution >= 4 is 23.2 Å². The molecule has 0 saturated carbocycles. The monoisotopic (exact) mass is 344 g/mol. The first-order valence-electron chi connectivity index (χ1n) is 7.54. The zero-order valence-corrected chi connectivity index (χ0v) is 14.3. The van der Waals surface area contributed by atoms with Crippen LogP contribution < -0.4 is 24.8 Å². The van der Waals surface area contributed by atoms with E-state index in [9.17, 15) is 9.59 Å². The van der Waals surface area contributed by atoms with Gasteiger partial charge in [-0.25, -0.2) is 0 Å². The Hall–Kier alpha value is -3.22. The topological polar surface area (TPSA) is 85.9 Å². The highest BCUT2D eigenvalue weighted by Crippen LogP contribution is 2.29. The molecule has 7 heteroatoms. The second kappa shape index (κ2) is 8.58. The van der Waals surface area contributed by atoms with Crippen LogP contribution >= 0.6 is 0 Å². The van der Waals surface area contributed by atoms with Crippen LogP contribution in [0.15, 0.2) is 42.5 Å². The Morgan fingerprint density at radius 3 is 2.32 bits per heavy atom. The molecule has 25 heavy (non-hydrogen) atoms. The third-order valence-electron chi connectivity index (χ3n) is 3.24. The second-order valence-electron chi connectivity index (χ2n) is 5.08. The van der Waals surface area contributed by atoms with Gasteiger partial charge in [-0.2, -0.15) is 0 Å². The molecular formula is C18H20N2O5. The summed E-state index contributed by atoms with van der Waals surface area (Å²) in [7, 11) is 3.05. The van der Waals surface area contributed by atoms with Crippen molar-refractivity contribution < 1.29 is 23.8 Å². The molecule has 0 spiro atoms. The van der Waals surface area contributed by atoms with Crippen molar-refractivity contribution in [3.05, 3.63) is 42.5 Å². The van der Waals surface area contributed by atoms with Gasteiger partial charge in [0.1, 0.15) is 17.2 Å². The molecule has 2 N–H and O–H groups in total. The summed E-state index contributed by atoms with van der Waals surface area (Å²) in [6.07, 6.45) is 0. The normalized spacial score (nSPS) is 9.88. The van der Waals surface area contributed by atoms with Crippen LogP contribution in [0.4, 0.5) is 11.4 Å². The summed E-state index contributed by atoms with van der Waals surface area (Å²) in [5, 5.41) is 5.36. The van der Waals surface area contributed by atoms with Crippen molar-refractivity contribution in [3.63, 3.8) is 0 Å². The molecule has 0 saturated heterocycles. The van der Waals surface area contributed by atoms with E-state index in [-0.39, 0.29) is 18.4 Å². The van der Waals surface area contributed by atoms with Crippen LogP contribution in [0.25, 0.3) is 0 Å². The van der Waals surface area contributed by atoms with Gasteiger partial charge in [0.2, 0.25) is 5.91 Å². The number of methoxy groups -OCH3 is 2. The van der Waals surface area contributed by atoms with Gasteiger partial charge in [0.15, 0.2) is 6.61 Å². The molecule has 2 amide bonds. The fourth-order valence-corrected chi connectivity index (χ4v) is 2.12. The highest BCUT2D eigenvalue weighted by Gasteiger charge is 2.11. The Balaban J connectivity index is 2.01. The molecule has 0 heterocycles. The first-order valence-corrected chi connectivity index (χ1v) is 7.54. The standard InChI is InChI=1S/C18H20N2O5/c1-12(21)19-14-6-4-5-7-16(14)25-11-18(22)20-15-9-8-13(23-2)10-17(15)24-3/h4-10H,11H2,1-3H3,(H,19,21)(H,20,22). The average Bonchev–Trinajstić information content (AvgIpc) is 2.61. The fourth-order valence-electron chi connectivity index (χ4n) is 2.12. The quantitative estimate of drug-likeness (QED) is 0.806. The van der Waals surface area contributed by atoms with Gasteiger partial charge in [0.25, 0.3) is 5.91 Å². The molecule has 0 unspecified atom stereocenters. The van der Waals surface area contributed by atoms with E-state index in [1.807, 2.05) is 0 Å². The van der Waals surface area contributed by atoms with Crippen LogP contribution in [0.1, 0.15) is 6.92 Å². The second-order valence-corrected chi connectivity index (χ2v) is 5.08. The smallest absolute Gasteiger partial charge is 0.262 e. The number of para-hydroxylation sites is 2. The maximum atomic E-state index is 12.1. The van der Waals surface area contributed by atoms with Gasteiger partial charge in [-0.05, 0) is 24.3 Å². The molecule has 0 aliphatic heterocycles. The van der Waals surface area contributed by atoms with E-state index in [1.165, 1.54) is 14.0 Å². The van der Waals surface area contributed by atoms with Crippen molar-refractivity contribution in [2.45, 2.75) is 6.92 Å². The number of amides is 2. The molecule has 2 rings (SSSR count). The first kappa shape index (κ1) is 18.1. The molecule has 132 valence electrons. The number of hydrogen-bond acceptors (Lipinski definition) is 5. The Morgan fingerprint density at radius 1 is 0.920 bits per heavy atom. The van der Waals surface area contributed by atoms with Crippen LogP contribution in [-0.2, 0) is 9.59 Å². The number of carbonyl (C=O) groups is 2. The van der Waals surface area contributed by atoms with Gasteiger partial charge in [-0.1, -0.05) is 12.1 Å². The summed E-state index contributed by atoms with van der Waals surface area (Å²) in [6.45, 7) is 1.19. The van der Waals surface area contributed by atoms with E-state index >= 15 is 0 Å². The minimum atomic E-state index is -0.360. The molecule has 0 radical (unpaired) electrons. The lowest BCUT2D eigenvalue weighted by atomic mass is 10.2. The third-order valence-corrected chi connectivity index (χ3v) is 3.24. The van der Waals surface area contributed by atoms with Gasteiger partial charge in [-0.15, -0.1) is 0 Å². The van der Waals surface area contributed by atoms with E-state index in [1.54, 1.807) is 49.6 Å². The van der Waals surface area contributed by atoms with Crippen molar-refractivity contribution in [2.24, 2.45) is 0 Å². The van der Waals surface area contributed by atoms with Crippen molar-refractivity contribution in [2.75, 3.05) is 31.5 Å². The molecule has 0 aliphatic rings. The van der Waals surface area contributed by atoms with Gasteiger partial charge in [0, 0.05) is 13.0 Å². The Bertz CT molecular complexity index is 761. The summed E-state index contributed by atoms with van der Waals surface area (Å²) in [6, 6.07) is 12.0. The molecular weight excluding hydrogens is 324 g/mol. The number of anilines is 2. The van der Waals surface area contributed by atoms with Crippen molar-refractivity contribution in [1.29, 1.82) is 0 Å². The third kappa shape index (κ3) is 5.13. The number of benzene rings is 2. The lowest BCUT2D eigenvalue weighted by Gasteiger charge is -2.13. The maximum Gasteiger partial charge on any atom is 0.262 e. The molecule has 2 aromatic rings. The van der Waals surface area contributed by atoms with Gasteiger partial charge >= 0.3 is 0 Å². The van der Waals surface area contributed by atoms with E-state index in [0.717, 1.165) is 0 Å². The highest BCUT2D eigenvalue weighted by molar-refractivity contribution is 5.94. The minimum Gasteiger partial charge on any atom is -0.497 e. The SMILES string of the molecule is COc1ccc(NC(=O)COc2ccccc2NC(C)=O)c(OC)c1. The summed E-state index contributed by atoms with van der Waals surface area (Å²) in [5.74, 6) is 0.931. The predicted octanol–water partition coefficient (Wildman–Crippen LogP) is 2.68. The van der Waals surface area contributed by atoms with Crippen molar-refractivity contribution in [3.8, 4) is 17.2 Å². The highest BCUT2D eigenvalue weighted by atomic mass is 16.5. The molecule has 7 nitrogen and oxygen atoms in total. The lowest BCUT2D eigenvalue weighted by Crippen LogP contribution is -2.21. The zero-order valence-electron chi connectivity index (χ0n) is 14.3. The fraction of sp³-hybridized carbons (Fsp3) is 0.222. The molecule has 0 fully saturated rings. The van der Waals surface area contributed by atoms with Gasteiger partial charge in [0.05, 0.1) is 25.6 Å². The number of rotatable bonds is 7. The van der Waals surface area contributed by atoms with Crippen LogP contribution in [0.3, 0.4) is 0 Å². The molecule has 0 aromatic heterocycles. The van der Waals surface area contributed by atoms with Crippen LogP contribution in [-0.4, -0.2) is 32.6 Å². The average molecular weight is 344 g/mol. The predicted molar refractivity (Wildman–Crippen MR) is 94.4 cm³/mol. The minimum absolute atomic E-state index is 0.216. The van der Waals surface area contributed by atoms with E-state index in [0.29, 0.717) is 28.6 Å². The largest absolute Gasteiger partial charge is 0.497 e. The van der Waals surface area contributed by atoms with Gasteiger partial charge < -0.3 is 24.8 Å². The van der Waals surface area contributed by atoms with Gasteiger partial charge in [-0.3, -0.25) is 9.59 Å². The Labute approximate surface area is 145 Å². The summed E-state index contributed by atoms with van der Waals surface area (Å²) >= 11 is 0. The number of ether oxygens (including phenoxy) is 3. The van der Waals surface area contributed by atoms with E-state index < -0.39 is 0 Å². The van der Waals surface area contributed by atoms with Crippen LogP contribution in [0, 0.1) is 0 Å². The van der Waals surface area contributed by atoms with E-state index in [4.69, 9.17) is 14.2 Å². The Morgan fingerprint density at radius 2 is 1.64 bits per heavy atom. The van der Waals surface area contributed by atoms with Crippen molar-refractivity contribution in [1.82, 2.24) is 0 Å². The van der Waals surface area contributed by atoms with Crippen LogP contribution in [0.2, 0.25) is 0 Å².